The number of anilines is 1. The lowest BCUT2D eigenvalue weighted by Gasteiger charge is -2.13. The smallest absolute Gasteiger partial charge is 0.355 e. The van der Waals surface area contributed by atoms with E-state index in [9.17, 15) is 13.8 Å². The number of aromatic amines is 1. The Kier molecular flexibility index (Phi) is 5.72. The molecule has 2 aromatic carbocycles. The molecule has 1 unspecified atom stereocenters. The van der Waals surface area contributed by atoms with Crippen molar-refractivity contribution in [1.29, 1.82) is 0 Å². The number of carbonyl (C=O) groups is 2. The molecule has 0 spiro atoms. The van der Waals surface area contributed by atoms with E-state index in [0.29, 0.717) is 38.9 Å². The van der Waals surface area contributed by atoms with Crippen molar-refractivity contribution in [2.24, 2.45) is 0 Å². The summed E-state index contributed by atoms with van der Waals surface area (Å²) in [4.78, 5) is 29.9. The number of hydrogen-bond donors (Lipinski definition) is 2. The van der Waals surface area contributed by atoms with E-state index < -0.39 is 10.8 Å². The number of fused-ring (bicyclic) bond motifs is 2. The van der Waals surface area contributed by atoms with E-state index in [4.69, 9.17) is 4.74 Å². The minimum atomic E-state index is -1.35. The second-order valence-electron chi connectivity index (χ2n) is 8.10. The third kappa shape index (κ3) is 3.93. The molecule has 2 aliphatic rings. The zero-order valence-electron chi connectivity index (χ0n) is 18.3. The van der Waals surface area contributed by atoms with Gasteiger partial charge in [0.1, 0.15) is 5.69 Å². The molecule has 2 N–H and O–H groups in total. The number of amides is 1. The first-order valence-corrected chi connectivity index (χ1v) is 12.3. The molecule has 6 nitrogen and oxygen atoms in total. The summed E-state index contributed by atoms with van der Waals surface area (Å²) in [6.45, 7) is 2.09. The topological polar surface area (TPSA) is 88.3 Å². The van der Waals surface area contributed by atoms with E-state index in [-0.39, 0.29) is 11.9 Å². The number of rotatable bonds is 5. The fourth-order valence-corrected chi connectivity index (χ4v) is 5.61. The summed E-state index contributed by atoms with van der Waals surface area (Å²) in [6, 6.07) is 14.6. The van der Waals surface area contributed by atoms with Crippen LogP contribution in [0.1, 0.15) is 52.6 Å². The summed E-state index contributed by atoms with van der Waals surface area (Å²) in [5.41, 5.74) is 5.19. The van der Waals surface area contributed by atoms with Gasteiger partial charge in [0.15, 0.2) is 0 Å². The minimum absolute atomic E-state index is 0.218. The van der Waals surface area contributed by atoms with E-state index in [1.165, 1.54) is 0 Å². The summed E-state index contributed by atoms with van der Waals surface area (Å²) in [5, 5.41) is 2.89. The van der Waals surface area contributed by atoms with Crippen LogP contribution in [0.5, 0.6) is 0 Å². The molecule has 2 heterocycles. The number of aromatic nitrogens is 1. The average Bonchev–Trinajstić information content (AvgIpc) is 3.37. The molecule has 5 rings (SSSR count). The minimum Gasteiger partial charge on any atom is -0.461 e. The molecule has 0 saturated heterocycles. The summed E-state index contributed by atoms with van der Waals surface area (Å²) < 4.78 is 18.3. The zero-order chi connectivity index (χ0) is 22.9. The molecule has 0 saturated carbocycles. The quantitative estimate of drug-likeness (QED) is 0.426. The summed E-state index contributed by atoms with van der Waals surface area (Å²) in [7, 11) is -1.35. The van der Waals surface area contributed by atoms with Crippen LogP contribution in [-0.4, -0.2) is 27.7 Å². The normalized spacial score (nSPS) is 16.8. The van der Waals surface area contributed by atoms with Crippen molar-refractivity contribution in [3.05, 3.63) is 76.6 Å². The average molecular weight is 461 g/mol. The van der Waals surface area contributed by atoms with Gasteiger partial charge in [0.25, 0.3) is 5.91 Å². The molecule has 0 radical (unpaired) electrons. The van der Waals surface area contributed by atoms with Gasteiger partial charge in [-0.2, -0.15) is 0 Å². The Morgan fingerprint density at radius 2 is 1.82 bits per heavy atom. The molecular weight excluding hydrogens is 436 g/mol. The lowest BCUT2D eigenvalue weighted by atomic mass is 9.91. The monoisotopic (exact) mass is 460 g/mol. The number of hydrogen-bond acceptors (Lipinski definition) is 4. The predicted molar refractivity (Wildman–Crippen MR) is 127 cm³/mol. The SMILES string of the molecule is CCOC(=O)c1[nH]c(C=C2C(=O)Nc3ccc(S(=O)c4ccccc4)cc32)c2c1CCCC2. The molecule has 1 aliphatic carbocycles. The summed E-state index contributed by atoms with van der Waals surface area (Å²) >= 11 is 0. The van der Waals surface area contributed by atoms with Crippen LogP contribution in [0.3, 0.4) is 0 Å². The van der Waals surface area contributed by atoms with E-state index in [1.54, 1.807) is 19.1 Å². The Labute approximate surface area is 194 Å². The van der Waals surface area contributed by atoms with E-state index in [2.05, 4.69) is 10.3 Å². The first-order chi connectivity index (χ1) is 16.1. The molecule has 0 bridgehead atoms. The van der Waals surface area contributed by atoms with Crippen LogP contribution in [0.2, 0.25) is 0 Å². The summed E-state index contributed by atoms with van der Waals surface area (Å²) in [5.74, 6) is -0.582. The van der Waals surface area contributed by atoms with E-state index in [1.807, 2.05) is 42.5 Å². The fraction of sp³-hybridized carbons (Fsp3) is 0.231. The first kappa shape index (κ1) is 21.4. The third-order valence-corrected chi connectivity index (χ3v) is 7.45. The number of esters is 1. The second kappa shape index (κ2) is 8.83. The van der Waals surface area contributed by atoms with Crippen molar-refractivity contribution in [1.82, 2.24) is 4.98 Å². The fourth-order valence-electron chi connectivity index (χ4n) is 4.51. The highest BCUT2D eigenvalue weighted by molar-refractivity contribution is 7.85. The predicted octanol–water partition coefficient (Wildman–Crippen LogP) is 4.73. The second-order valence-corrected chi connectivity index (χ2v) is 9.58. The molecular formula is C26H24N2O4S. The van der Waals surface area contributed by atoms with Gasteiger partial charge in [0.2, 0.25) is 0 Å². The molecule has 3 aromatic rings. The lowest BCUT2D eigenvalue weighted by Crippen LogP contribution is -2.10. The Balaban J connectivity index is 1.57. The van der Waals surface area contributed by atoms with Gasteiger partial charge in [0, 0.05) is 26.7 Å². The number of nitrogens with one attached hydrogen (secondary N) is 2. The summed E-state index contributed by atoms with van der Waals surface area (Å²) in [6.07, 6.45) is 5.52. The maximum atomic E-state index is 13.1. The first-order valence-electron chi connectivity index (χ1n) is 11.1. The van der Waals surface area contributed by atoms with Crippen LogP contribution in [0.25, 0.3) is 11.6 Å². The molecule has 1 aromatic heterocycles. The van der Waals surface area contributed by atoms with Gasteiger partial charge >= 0.3 is 5.97 Å². The van der Waals surface area contributed by atoms with Gasteiger partial charge in [-0.1, -0.05) is 18.2 Å². The molecule has 33 heavy (non-hydrogen) atoms. The van der Waals surface area contributed by atoms with Gasteiger partial charge < -0.3 is 15.0 Å². The van der Waals surface area contributed by atoms with Crippen molar-refractivity contribution in [3.8, 4) is 0 Å². The number of carbonyl (C=O) groups excluding carboxylic acids is 2. The van der Waals surface area contributed by atoms with Crippen LogP contribution in [0, 0.1) is 0 Å². The van der Waals surface area contributed by atoms with Crippen LogP contribution in [0.4, 0.5) is 5.69 Å². The van der Waals surface area contributed by atoms with Gasteiger partial charge in [-0.25, -0.2) is 9.00 Å². The largest absolute Gasteiger partial charge is 0.461 e. The molecule has 1 atom stereocenters. The van der Waals surface area contributed by atoms with Crippen molar-refractivity contribution < 1.29 is 18.5 Å². The standard InChI is InChI=1S/C26H24N2O4S/c1-2-32-26(30)24-19-11-7-6-10-18(19)23(27-24)15-21-20-14-17(12-13-22(20)28-25(21)29)33(31)16-8-4-3-5-9-16/h3-5,8-9,12-15,27H,2,6-7,10-11H2,1H3,(H,28,29). The highest BCUT2D eigenvalue weighted by Gasteiger charge is 2.28. The Morgan fingerprint density at radius 3 is 2.58 bits per heavy atom. The maximum Gasteiger partial charge on any atom is 0.355 e. The molecule has 7 heteroatoms. The molecule has 1 amide bonds. The van der Waals surface area contributed by atoms with Crippen molar-refractivity contribution in [3.63, 3.8) is 0 Å². The van der Waals surface area contributed by atoms with Gasteiger partial charge in [-0.05, 0) is 80.1 Å². The van der Waals surface area contributed by atoms with Gasteiger partial charge in [-0.15, -0.1) is 0 Å². The van der Waals surface area contributed by atoms with E-state index in [0.717, 1.165) is 42.5 Å². The molecule has 168 valence electrons. The lowest BCUT2D eigenvalue weighted by molar-refractivity contribution is -0.110. The van der Waals surface area contributed by atoms with Gasteiger partial charge in [-0.3, -0.25) is 4.79 Å². The third-order valence-electron chi connectivity index (χ3n) is 6.07. The van der Waals surface area contributed by atoms with Gasteiger partial charge in [0.05, 0.1) is 23.0 Å². The zero-order valence-corrected chi connectivity index (χ0v) is 19.1. The Morgan fingerprint density at radius 1 is 1.06 bits per heavy atom. The maximum absolute atomic E-state index is 13.1. The highest BCUT2D eigenvalue weighted by Crippen LogP contribution is 2.37. The van der Waals surface area contributed by atoms with E-state index >= 15 is 0 Å². The van der Waals surface area contributed by atoms with Crippen LogP contribution < -0.4 is 5.32 Å². The molecule has 0 fully saturated rings. The number of benzene rings is 2. The van der Waals surface area contributed by atoms with Crippen LogP contribution in [-0.2, 0) is 33.2 Å². The Bertz CT molecular complexity index is 1310. The van der Waals surface area contributed by atoms with Crippen LogP contribution >= 0.6 is 0 Å². The van der Waals surface area contributed by atoms with Crippen molar-refractivity contribution in [2.75, 3.05) is 11.9 Å². The number of H-pyrrole nitrogens is 1. The van der Waals surface area contributed by atoms with Crippen LogP contribution in [0.15, 0.2) is 58.3 Å². The van der Waals surface area contributed by atoms with Crippen molar-refractivity contribution in [2.45, 2.75) is 42.4 Å². The highest BCUT2D eigenvalue weighted by atomic mass is 32.2. The van der Waals surface area contributed by atoms with Crippen molar-refractivity contribution >= 4 is 40.0 Å². The number of ether oxygens (including phenoxy) is 1. The Hall–Kier alpha value is -3.45. The molecule has 1 aliphatic heterocycles.